The summed E-state index contributed by atoms with van der Waals surface area (Å²) in [5, 5.41) is 0. The molecule has 1 aliphatic heterocycles. The zero-order valence-electron chi connectivity index (χ0n) is 12.3. The lowest BCUT2D eigenvalue weighted by atomic mass is 10.1. The van der Waals surface area contributed by atoms with Crippen molar-refractivity contribution in [2.75, 3.05) is 14.2 Å². The van der Waals surface area contributed by atoms with Crippen LogP contribution >= 0.6 is 0 Å². The summed E-state index contributed by atoms with van der Waals surface area (Å²) < 4.78 is 15.5. The first-order valence-corrected chi connectivity index (χ1v) is 6.76. The number of carbonyl (C=O) groups excluding carboxylic acids is 2. The average Bonchev–Trinajstić information content (AvgIpc) is 3.10. The molecule has 2 aromatic rings. The Kier molecular flexibility index (Phi) is 3.58. The highest BCUT2D eigenvalue weighted by atomic mass is 16.5. The highest BCUT2D eigenvalue weighted by Gasteiger charge is 2.24. The summed E-state index contributed by atoms with van der Waals surface area (Å²) in [5.74, 6) is 0.815. The van der Waals surface area contributed by atoms with Crippen LogP contribution in [0.15, 0.2) is 34.7 Å². The van der Waals surface area contributed by atoms with E-state index in [1.165, 1.54) is 7.11 Å². The third-order valence-electron chi connectivity index (χ3n) is 3.49. The van der Waals surface area contributed by atoms with Crippen molar-refractivity contribution >= 4 is 11.9 Å². The lowest BCUT2D eigenvalue weighted by Crippen LogP contribution is -2.17. The Labute approximate surface area is 127 Å². The van der Waals surface area contributed by atoms with E-state index in [0.717, 1.165) is 5.56 Å². The molecule has 0 N–H and O–H groups in total. The lowest BCUT2D eigenvalue weighted by Gasteiger charge is -2.05. The van der Waals surface area contributed by atoms with Crippen molar-refractivity contribution in [3.8, 4) is 5.75 Å². The van der Waals surface area contributed by atoms with Crippen LogP contribution in [0.3, 0.4) is 0 Å². The number of hydrogen-bond acceptors (Lipinski definition) is 5. The van der Waals surface area contributed by atoms with Crippen LogP contribution in [0, 0.1) is 0 Å². The maximum absolute atomic E-state index is 11.8. The van der Waals surface area contributed by atoms with Crippen molar-refractivity contribution in [3.05, 3.63) is 53.0 Å². The molecule has 0 bridgehead atoms. The Morgan fingerprint density at radius 2 is 2.14 bits per heavy atom. The van der Waals surface area contributed by atoms with E-state index >= 15 is 0 Å². The number of ether oxygens (including phenoxy) is 2. The Morgan fingerprint density at radius 3 is 2.91 bits per heavy atom. The molecule has 6 nitrogen and oxygen atoms in total. The van der Waals surface area contributed by atoms with Crippen LogP contribution in [0.1, 0.15) is 32.2 Å². The van der Waals surface area contributed by atoms with E-state index in [-0.39, 0.29) is 18.3 Å². The number of rotatable bonds is 4. The number of esters is 1. The van der Waals surface area contributed by atoms with E-state index in [1.54, 1.807) is 36.2 Å². The van der Waals surface area contributed by atoms with Gasteiger partial charge in [-0.1, -0.05) is 0 Å². The summed E-state index contributed by atoms with van der Waals surface area (Å²) in [6, 6.07) is 8.57. The minimum Gasteiger partial charge on any atom is -0.486 e. The van der Waals surface area contributed by atoms with Crippen molar-refractivity contribution in [2.24, 2.45) is 0 Å². The summed E-state index contributed by atoms with van der Waals surface area (Å²) in [4.78, 5) is 24.8. The van der Waals surface area contributed by atoms with Gasteiger partial charge in [-0.2, -0.15) is 0 Å². The van der Waals surface area contributed by atoms with Gasteiger partial charge in [-0.05, 0) is 35.9 Å². The molecule has 1 amide bonds. The summed E-state index contributed by atoms with van der Waals surface area (Å²) >= 11 is 0. The smallest absolute Gasteiger partial charge is 0.373 e. The van der Waals surface area contributed by atoms with Crippen LogP contribution < -0.4 is 4.74 Å². The van der Waals surface area contributed by atoms with Crippen molar-refractivity contribution in [1.82, 2.24) is 4.90 Å². The second-order valence-corrected chi connectivity index (χ2v) is 5.03. The maximum Gasteiger partial charge on any atom is 0.373 e. The zero-order valence-corrected chi connectivity index (χ0v) is 12.3. The Hall–Kier alpha value is -2.76. The molecular weight excluding hydrogens is 286 g/mol. The first-order chi connectivity index (χ1) is 10.6. The van der Waals surface area contributed by atoms with E-state index in [1.807, 2.05) is 6.07 Å². The van der Waals surface area contributed by atoms with Crippen LogP contribution in [-0.2, 0) is 17.9 Å². The molecule has 2 heterocycles. The molecule has 0 saturated heterocycles. The molecule has 0 unspecified atom stereocenters. The minimum atomic E-state index is -0.523. The van der Waals surface area contributed by atoms with Crippen LogP contribution in [0.5, 0.6) is 5.75 Å². The van der Waals surface area contributed by atoms with E-state index in [9.17, 15) is 9.59 Å². The van der Waals surface area contributed by atoms with Gasteiger partial charge in [-0.15, -0.1) is 0 Å². The molecule has 114 valence electrons. The van der Waals surface area contributed by atoms with Crippen molar-refractivity contribution in [3.63, 3.8) is 0 Å². The normalized spacial score (nSPS) is 13.2. The fourth-order valence-corrected chi connectivity index (χ4v) is 2.35. The first kappa shape index (κ1) is 14.2. The molecule has 3 rings (SSSR count). The SMILES string of the molecule is COC(=O)c1ccc(COc2ccc3c(c2)CN(C)C3=O)o1. The first-order valence-electron chi connectivity index (χ1n) is 6.76. The average molecular weight is 301 g/mol. The molecule has 0 atom stereocenters. The van der Waals surface area contributed by atoms with E-state index in [2.05, 4.69) is 4.74 Å². The minimum absolute atomic E-state index is 0.0234. The topological polar surface area (TPSA) is 69.0 Å². The van der Waals surface area contributed by atoms with Crippen LogP contribution in [-0.4, -0.2) is 30.9 Å². The fourth-order valence-electron chi connectivity index (χ4n) is 2.35. The predicted octanol–water partition coefficient (Wildman–Crippen LogP) is 2.23. The van der Waals surface area contributed by atoms with Crippen molar-refractivity contribution in [2.45, 2.75) is 13.2 Å². The monoisotopic (exact) mass is 301 g/mol. The molecule has 0 fully saturated rings. The van der Waals surface area contributed by atoms with Gasteiger partial charge < -0.3 is 18.8 Å². The van der Waals surface area contributed by atoms with Gasteiger partial charge in [-0.3, -0.25) is 4.79 Å². The number of furan rings is 1. The number of fused-ring (bicyclic) bond motifs is 1. The number of nitrogens with zero attached hydrogens (tertiary/aromatic N) is 1. The number of hydrogen-bond donors (Lipinski definition) is 0. The van der Waals surface area contributed by atoms with Crippen LogP contribution in [0.25, 0.3) is 0 Å². The maximum atomic E-state index is 11.8. The Balaban J connectivity index is 1.68. The van der Waals surface area contributed by atoms with Gasteiger partial charge >= 0.3 is 5.97 Å². The van der Waals surface area contributed by atoms with Crippen molar-refractivity contribution < 1.29 is 23.5 Å². The quantitative estimate of drug-likeness (QED) is 0.810. The van der Waals surface area contributed by atoms with Gasteiger partial charge in [0.1, 0.15) is 18.1 Å². The molecule has 1 aliphatic rings. The summed E-state index contributed by atoms with van der Waals surface area (Å²) in [6.07, 6.45) is 0. The third kappa shape index (κ3) is 2.55. The second-order valence-electron chi connectivity index (χ2n) is 5.03. The van der Waals surface area contributed by atoms with E-state index in [0.29, 0.717) is 23.6 Å². The Morgan fingerprint density at radius 1 is 1.32 bits per heavy atom. The van der Waals surface area contributed by atoms with Gasteiger partial charge in [0.05, 0.1) is 7.11 Å². The number of benzene rings is 1. The molecule has 0 spiro atoms. The van der Waals surface area contributed by atoms with Gasteiger partial charge in [0.15, 0.2) is 0 Å². The molecule has 6 heteroatoms. The largest absolute Gasteiger partial charge is 0.486 e. The summed E-state index contributed by atoms with van der Waals surface area (Å²) in [7, 11) is 3.06. The second kappa shape index (κ2) is 5.55. The number of carbonyl (C=O) groups is 2. The van der Waals surface area contributed by atoms with E-state index in [4.69, 9.17) is 9.15 Å². The molecule has 1 aromatic heterocycles. The van der Waals surface area contributed by atoms with Crippen molar-refractivity contribution in [1.29, 1.82) is 0 Å². The van der Waals surface area contributed by atoms with Gasteiger partial charge in [0, 0.05) is 19.2 Å². The third-order valence-corrected chi connectivity index (χ3v) is 3.49. The van der Waals surface area contributed by atoms with Gasteiger partial charge in [0.2, 0.25) is 5.76 Å². The Bertz CT molecular complexity index is 734. The molecule has 1 aromatic carbocycles. The van der Waals surface area contributed by atoms with Gasteiger partial charge in [0.25, 0.3) is 5.91 Å². The highest BCUT2D eigenvalue weighted by molar-refractivity contribution is 5.98. The molecule has 0 aliphatic carbocycles. The van der Waals surface area contributed by atoms with Crippen LogP contribution in [0.2, 0.25) is 0 Å². The van der Waals surface area contributed by atoms with E-state index < -0.39 is 5.97 Å². The molecular formula is C16H15NO5. The van der Waals surface area contributed by atoms with Gasteiger partial charge in [-0.25, -0.2) is 4.79 Å². The molecule has 0 radical (unpaired) electrons. The zero-order chi connectivity index (χ0) is 15.7. The number of amides is 1. The highest BCUT2D eigenvalue weighted by Crippen LogP contribution is 2.26. The predicted molar refractivity (Wildman–Crippen MR) is 76.6 cm³/mol. The summed E-state index contributed by atoms with van der Waals surface area (Å²) in [5.41, 5.74) is 1.65. The fraction of sp³-hybridized carbons (Fsp3) is 0.250. The molecule has 0 saturated carbocycles. The molecule has 22 heavy (non-hydrogen) atoms. The number of methoxy groups -OCH3 is 1. The lowest BCUT2D eigenvalue weighted by molar-refractivity contribution is 0.0560. The standard InChI is InChI=1S/C16H15NO5/c1-17-8-10-7-11(3-5-13(10)15(17)18)21-9-12-4-6-14(22-12)16(19)20-2/h3-7H,8-9H2,1-2H3. The summed E-state index contributed by atoms with van der Waals surface area (Å²) in [6.45, 7) is 0.776. The van der Waals surface area contributed by atoms with Crippen LogP contribution in [0.4, 0.5) is 0 Å².